The van der Waals surface area contributed by atoms with E-state index in [0.717, 1.165) is 6.42 Å². The van der Waals surface area contributed by atoms with Crippen LogP contribution >= 0.6 is 27.3 Å². The van der Waals surface area contributed by atoms with E-state index < -0.39 is 18.0 Å². The van der Waals surface area contributed by atoms with Crippen molar-refractivity contribution in [1.29, 1.82) is 0 Å². The predicted octanol–water partition coefficient (Wildman–Crippen LogP) is 4.68. The molecule has 0 saturated heterocycles. The number of allylic oxidation sites excluding steroid dienone is 1. The van der Waals surface area contributed by atoms with Crippen LogP contribution < -0.4 is 33.8 Å². The number of fused-ring (bicyclic) bond motifs is 1. The third-order valence-electron chi connectivity index (χ3n) is 6.50. The van der Waals surface area contributed by atoms with E-state index in [1.54, 1.807) is 50.4 Å². The van der Waals surface area contributed by atoms with Gasteiger partial charge in [-0.2, -0.15) is 0 Å². The fourth-order valence-electron chi connectivity index (χ4n) is 4.80. The first kappa shape index (κ1) is 32.0. The number of hydrogen-bond acceptors (Lipinski definition) is 10. The zero-order valence-electron chi connectivity index (χ0n) is 24.8. The standard InChI is InChI=1S/C31H33BrN2O8S/c1-7-10-22-26(30(37)41-9-3)27(20-16-19(38-5)11-12-23(20)39-6)34-29(36)25(43-31(34)33-22)15-18-13-21(32)28(42-17(4)35)24(14-18)40-8-2/h11-16,27H,7-10H2,1-6H3/b25-15-/t27-/m1/s1. The van der Waals surface area contributed by atoms with Gasteiger partial charge >= 0.3 is 11.9 Å². The zero-order valence-corrected chi connectivity index (χ0v) is 27.2. The Morgan fingerprint density at radius 2 is 1.84 bits per heavy atom. The second-order valence-corrected chi connectivity index (χ2v) is 11.2. The Hall–Kier alpha value is -3.90. The number of hydrogen-bond donors (Lipinski definition) is 0. The average molecular weight is 674 g/mol. The molecule has 0 amide bonds. The molecule has 1 atom stereocenters. The smallest absolute Gasteiger partial charge is 0.338 e. The van der Waals surface area contributed by atoms with E-state index in [1.165, 1.54) is 29.9 Å². The molecular formula is C31H33BrN2O8S. The topological polar surface area (TPSA) is 115 Å². The molecular weight excluding hydrogens is 640 g/mol. The van der Waals surface area contributed by atoms with Gasteiger partial charge in [-0.05, 0) is 78.2 Å². The van der Waals surface area contributed by atoms with E-state index in [4.69, 9.17) is 28.7 Å². The Kier molecular flexibility index (Phi) is 10.5. The van der Waals surface area contributed by atoms with Crippen LogP contribution in [0, 0.1) is 0 Å². The quantitative estimate of drug-likeness (QED) is 0.213. The summed E-state index contributed by atoms with van der Waals surface area (Å²) in [6, 6.07) is 7.80. The fraction of sp³-hybridized carbons (Fsp3) is 0.355. The van der Waals surface area contributed by atoms with Crippen LogP contribution in [0.2, 0.25) is 0 Å². The van der Waals surface area contributed by atoms with Crippen LogP contribution in [0.25, 0.3) is 6.08 Å². The Morgan fingerprint density at radius 1 is 1.07 bits per heavy atom. The first-order valence-corrected chi connectivity index (χ1v) is 15.4. The van der Waals surface area contributed by atoms with Crippen molar-refractivity contribution in [3.8, 4) is 23.0 Å². The van der Waals surface area contributed by atoms with Gasteiger partial charge in [0, 0.05) is 12.5 Å². The number of rotatable bonds is 11. The first-order chi connectivity index (χ1) is 20.7. The number of thiazole rings is 1. The molecule has 0 fully saturated rings. The highest BCUT2D eigenvalue weighted by Crippen LogP contribution is 2.39. The van der Waals surface area contributed by atoms with Crippen molar-refractivity contribution in [1.82, 2.24) is 4.57 Å². The second kappa shape index (κ2) is 14.0. The Balaban J connectivity index is 2.02. The van der Waals surface area contributed by atoms with Crippen molar-refractivity contribution in [2.24, 2.45) is 4.99 Å². The number of carbonyl (C=O) groups excluding carboxylic acids is 2. The van der Waals surface area contributed by atoms with E-state index in [2.05, 4.69) is 15.9 Å². The van der Waals surface area contributed by atoms with Gasteiger partial charge < -0.3 is 23.7 Å². The van der Waals surface area contributed by atoms with Crippen LogP contribution in [0.1, 0.15) is 57.7 Å². The minimum Gasteiger partial charge on any atom is -0.497 e. The molecule has 2 aromatic carbocycles. The van der Waals surface area contributed by atoms with Crippen molar-refractivity contribution in [3.63, 3.8) is 0 Å². The van der Waals surface area contributed by atoms with Gasteiger partial charge in [-0.1, -0.05) is 24.7 Å². The van der Waals surface area contributed by atoms with E-state index in [-0.39, 0.29) is 23.5 Å². The molecule has 0 radical (unpaired) electrons. The highest BCUT2D eigenvalue weighted by atomic mass is 79.9. The first-order valence-electron chi connectivity index (χ1n) is 13.8. The van der Waals surface area contributed by atoms with Gasteiger partial charge in [0.2, 0.25) is 0 Å². The highest BCUT2D eigenvalue weighted by molar-refractivity contribution is 9.10. The lowest BCUT2D eigenvalue weighted by Crippen LogP contribution is -2.40. The van der Waals surface area contributed by atoms with E-state index in [9.17, 15) is 14.4 Å². The number of esters is 2. The summed E-state index contributed by atoms with van der Waals surface area (Å²) < 4.78 is 30.1. The Bertz CT molecular complexity index is 1760. The minimum absolute atomic E-state index is 0.161. The summed E-state index contributed by atoms with van der Waals surface area (Å²) in [4.78, 5) is 44.6. The van der Waals surface area contributed by atoms with Gasteiger partial charge in [0.1, 0.15) is 17.5 Å². The molecule has 0 bridgehead atoms. The van der Waals surface area contributed by atoms with Crippen LogP contribution in [0.3, 0.4) is 0 Å². The van der Waals surface area contributed by atoms with Crippen LogP contribution in [-0.2, 0) is 14.3 Å². The maximum absolute atomic E-state index is 14.2. The molecule has 0 spiro atoms. The van der Waals surface area contributed by atoms with Gasteiger partial charge in [-0.3, -0.25) is 14.2 Å². The van der Waals surface area contributed by atoms with Crippen molar-refractivity contribution in [2.75, 3.05) is 27.4 Å². The van der Waals surface area contributed by atoms with Crippen LogP contribution in [0.4, 0.5) is 0 Å². The molecule has 4 rings (SSSR count). The summed E-state index contributed by atoms with van der Waals surface area (Å²) in [6.45, 7) is 7.35. The van der Waals surface area contributed by atoms with Crippen LogP contribution in [0.15, 0.2) is 55.9 Å². The SMILES string of the molecule is CCCC1=C(C(=O)OCC)[C@@H](c2cc(OC)ccc2OC)n2c(s/c(=C\c3cc(Br)c(OC(C)=O)c(OCC)c3)c2=O)=N1. The summed E-state index contributed by atoms with van der Waals surface area (Å²) >= 11 is 4.66. The largest absolute Gasteiger partial charge is 0.497 e. The molecule has 10 nitrogen and oxygen atoms in total. The molecule has 1 aromatic heterocycles. The van der Waals surface area contributed by atoms with Gasteiger partial charge in [-0.25, -0.2) is 9.79 Å². The lowest BCUT2D eigenvalue weighted by Gasteiger charge is -2.27. The molecule has 1 aliphatic rings. The average Bonchev–Trinajstić information content (AvgIpc) is 3.28. The lowest BCUT2D eigenvalue weighted by molar-refractivity contribution is -0.139. The Morgan fingerprint density at radius 3 is 2.47 bits per heavy atom. The molecule has 0 N–H and O–H groups in total. The fourth-order valence-corrected chi connectivity index (χ4v) is 6.36. The molecule has 12 heteroatoms. The zero-order chi connectivity index (χ0) is 31.3. The normalized spacial score (nSPS) is 14.6. The van der Waals surface area contributed by atoms with Crippen LogP contribution in [-0.4, -0.2) is 43.9 Å². The van der Waals surface area contributed by atoms with Gasteiger partial charge in [0.15, 0.2) is 16.3 Å². The number of halogens is 1. The van der Waals surface area contributed by atoms with Crippen molar-refractivity contribution in [2.45, 2.75) is 46.6 Å². The minimum atomic E-state index is -0.874. The number of carbonyl (C=O) groups is 2. The number of benzene rings is 2. The number of methoxy groups -OCH3 is 2. The monoisotopic (exact) mass is 672 g/mol. The summed E-state index contributed by atoms with van der Waals surface area (Å²) in [5.74, 6) is 0.574. The molecule has 1 aliphatic heterocycles. The summed E-state index contributed by atoms with van der Waals surface area (Å²) in [7, 11) is 3.08. The van der Waals surface area contributed by atoms with Crippen molar-refractivity contribution >= 4 is 45.3 Å². The van der Waals surface area contributed by atoms with Crippen LogP contribution in [0.5, 0.6) is 23.0 Å². The molecule has 228 valence electrons. The number of aromatic nitrogens is 1. The number of nitrogens with zero attached hydrogens (tertiary/aromatic N) is 2. The van der Waals surface area contributed by atoms with Gasteiger partial charge in [0.25, 0.3) is 5.56 Å². The highest BCUT2D eigenvalue weighted by Gasteiger charge is 2.36. The lowest BCUT2D eigenvalue weighted by atomic mass is 9.93. The van der Waals surface area contributed by atoms with Crippen molar-refractivity contribution in [3.05, 3.63) is 76.9 Å². The number of ether oxygens (including phenoxy) is 5. The van der Waals surface area contributed by atoms with E-state index in [1.807, 2.05) is 13.8 Å². The predicted molar refractivity (Wildman–Crippen MR) is 166 cm³/mol. The molecule has 2 heterocycles. The van der Waals surface area contributed by atoms with Gasteiger partial charge in [0.05, 0.1) is 47.7 Å². The van der Waals surface area contributed by atoms with Crippen molar-refractivity contribution < 1.29 is 33.3 Å². The second-order valence-electron chi connectivity index (χ2n) is 9.38. The third-order valence-corrected chi connectivity index (χ3v) is 8.07. The summed E-state index contributed by atoms with van der Waals surface area (Å²) in [5.41, 5.74) is 1.67. The summed E-state index contributed by atoms with van der Waals surface area (Å²) in [5, 5.41) is 0. The molecule has 0 aliphatic carbocycles. The van der Waals surface area contributed by atoms with E-state index >= 15 is 0 Å². The maximum Gasteiger partial charge on any atom is 0.338 e. The Labute approximate surface area is 261 Å². The third kappa shape index (κ3) is 6.70. The molecule has 0 saturated carbocycles. The molecule has 0 unspecified atom stereocenters. The maximum atomic E-state index is 14.2. The van der Waals surface area contributed by atoms with Gasteiger partial charge in [-0.15, -0.1) is 0 Å². The molecule has 43 heavy (non-hydrogen) atoms. The van der Waals surface area contributed by atoms with E-state index in [0.29, 0.717) is 60.9 Å². The molecule has 3 aromatic rings. The summed E-state index contributed by atoms with van der Waals surface area (Å²) in [6.07, 6.45) is 2.94.